The Balaban J connectivity index is 2.63. The minimum atomic E-state index is -1.11. The molecule has 19 heavy (non-hydrogen) atoms. The third-order valence-electron chi connectivity index (χ3n) is 2.25. The van der Waals surface area contributed by atoms with E-state index in [-0.39, 0.29) is 12.5 Å². The fourth-order valence-electron chi connectivity index (χ4n) is 1.29. The predicted octanol–water partition coefficient (Wildman–Crippen LogP) is 2.05. The number of hydrogen-bond donors (Lipinski definition) is 2. The third kappa shape index (κ3) is 5.40. The van der Waals surface area contributed by atoms with Gasteiger partial charge in [0, 0.05) is 4.88 Å². The van der Waals surface area contributed by atoms with E-state index in [1.807, 2.05) is 33.8 Å². The van der Waals surface area contributed by atoms with Crippen molar-refractivity contribution in [2.75, 3.05) is 6.61 Å². The van der Waals surface area contributed by atoms with E-state index >= 15 is 0 Å². The van der Waals surface area contributed by atoms with Gasteiger partial charge in [-0.05, 0) is 39.8 Å². The number of carboxylic acid groups (broad SMARTS) is 1. The van der Waals surface area contributed by atoms with Crippen LogP contribution in [0.4, 0.5) is 0 Å². The maximum Gasteiger partial charge on any atom is 0.328 e. The van der Waals surface area contributed by atoms with Gasteiger partial charge in [0.2, 0.25) is 0 Å². The van der Waals surface area contributed by atoms with Crippen LogP contribution in [-0.2, 0) is 9.53 Å². The van der Waals surface area contributed by atoms with Crippen LogP contribution in [0.3, 0.4) is 0 Å². The van der Waals surface area contributed by atoms with Gasteiger partial charge in [-0.3, -0.25) is 4.79 Å². The Morgan fingerprint density at radius 2 is 2.05 bits per heavy atom. The first kappa shape index (κ1) is 15.7. The van der Waals surface area contributed by atoms with Gasteiger partial charge in [0.05, 0.1) is 17.1 Å². The molecule has 1 atom stereocenters. The van der Waals surface area contributed by atoms with Crippen molar-refractivity contribution in [2.24, 2.45) is 0 Å². The molecule has 5 nitrogen and oxygen atoms in total. The molecule has 0 aliphatic rings. The predicted molar refractivity (Wildman–Crippen MR) is 73.7 cm³/mol. The molecule has 0 radical (unpaired) electrons. The van der Waals surface area contributed by atoms with Crippen LogP contribution in [0.5, 0.6) is 0 Å². The molecule has 0 fully saturated rings. The Hall–Kier alpha value is -1.40. The molecule has 0 aliphatic heterocycles. The highest BCUT2D eigenvalue weighted by Gasteiger charge is 2.24. The van der Waals surface area contributed by atoms with Crippen molar-refractivity contribution in [2.45, 2.75) is 39.3 Å². The second-order valence-corrected chi connectivity index (χ2v) is 6.49. The first-order chi connectivity index (χ1) is 8.69. The highest BCUT2D eigenvalue weighted by Crippen LogP contribution is 2.15. The number of carbonyl (C=O) groups excluding carboxylic acids is 1. The van der Waals surface area contributed by atoms with E-state index in [1.165, 1.54) is 11.3 Å². The Bertz CT molecular complexity index is 461. The van der Waals surface area contributed by atoms with E-state index in [0.29, 0.717) is 4.88 Å². The Kier molecular flexibility index (Phi) is 5.08. The van der Waals surface area contributed by atoms with Gasteiger partial charge in [-0.1, -0.05) is 0 Å². The SMILES string of the molecule is Cc1ccc(C(=O)N[C@@H](COC(C)(C)C)C(=O)O)s1. The molecule has 0 unspecified atom stereocenters. The summed E-state index contributed by atoms with van der Waals surface area (Å²) in [5, 5.41) is 11.5. The highest BCUT2D eigenvalue weighted by atomic mass is 32.1. The topological polar surface area (TPSA) is 75.6 Å². The first-order valence-electron chi connectivity index (χ1n) is 5.93. The van der Waals surface area contributed by atoms with Crippen molar-refractivity contribution in [1.82, 2.24) is 5.32 Å². The molecule has 0 saturated carbocycles. The van der Waals surface area contributed by atoms with Crippen LogP contribution in [0.1, 0.15) is 35.3 Å². The molecule has 1 aromatic heterocycles. The molecular weight excluding hydrogens is 266 g/mol. The number of amides is 1. The van der Waals surface area contributed by atoms with Gasteiger partial charge in [0.15, 0.2) is 6.04 Å². The van der Waals surface area contributed by atoms with E-state index in [9.17, 15) is 9.59 Å². The van der Waals surface area contributed by atoms with Gasteiger partial charge in [0.1, 0.15) is 0 Å². The number of carboxylic acids is 1. The summed E-state index contributed by atoms with van der Waals surface area (Å²) in [7, 11) is 0. The fraction of sp³-hybridized carbons (Fsp3) is 0.538. The van der Waals surface area contributed by atoms with Crippen LogP contribution in [0, 0.1) is 6.92 Å². The van der Waals surface area contributed by atoms with Gasteiger partial charge in [-0.15, -0.1) is 11.3 Å². The maximum atomic E-state index is 11.9. The van der Waals surface area contributed by atoms with E-state index < -0.39 is 17.6 Å². The number of nitrogens with one attached hydrogen (secondary N) is 1. The smallest absolute Gasteiger partial charge is 0.328 e. The van der Waals surface area contributed by atoms with Crippen LogP contribution < -0.4 is 5.32 Å². The zero-order valence-corrected chi connectivity index (χ0v) is 12.3. The molecule has 1 heterocycles. The summed E-state index contributed by atoms with van der Waals surface area (Å²) < 4.78 is 5.40. The standard InChI is InChI=1S/C13H19NO4S/c1-8-5-6-10(19-8)11(15)14-9(12(16)17)7-18-13(2,3)4/h5-6,9H,7H2,1-4H3,(H,14,15)(H,16,17)/t9-/m0/s1. The van der Waals surface area contributed by atoms with Crippen molar-refractivity contribution >= 4 is 23.2 Å². The van der Waals surface area contributed by atoms with Gasteiger partial charge in [-0.2, -0.15) is 0 Å². The number of hydrogen-bond acceptors (Lipinski definition) is 4. The van der Waals surface area contributed by atoms with Crippen LogP contribution >= 0.6 is 11.3 Å². The maximum absolute atomic E-state index is 11.9. The van der Waals surface area contributed by atoms with Crippen LogP contribution in [0.2, 0.25) is 0 Å². The number of carbonyl (C=O) groups is 2. The van der Waals surface area contributed by atoms with E-state index in [1.54, 1.807) is 6.07 Å². The molecule has 1 rings (SSSR count). The quantitative estimate of drug-likeness (QED) is 0.868. The molecule has 0 bridgehead atoms. The number of ether oxygens (including phenoxy) is 1. The highest BCUT2D eigenvalue weighted by molar-refractivity contribution is 7.13. The molecule has 0 spiro atoms. The lowest BCUT2D eigenvalue weighted by Crippen LogP contribution is -2.45. The summed E-state index contributed by atoms with van der Waals surface area (Å²) in [4.78, 5) is 24.5. The summed E-state index contributed by atoms with van der Waals surface area (Å²) in [6, 6.07) is 2.45. The molecule has 0 aliphatic carbocycles. The van der Waals surface area contributed by atoms with Crippen molar-refractivity contribution in [3.63, 3.8) is 0 Å². The fourth-order valence-corrected chi connectivity index (χ4v) is 2.06. The number of aliphatic carboxylic acids is 1. The zero-order valence-electron chi connectivity index (χ0n) is 11.5. The van der Waals surface area contributed by atoms with Gasteiger partial charge in [-0.25, -0.2) is 4.79 Å². The zero-order chi connectivity index (χ0) is 14.6. The van der Waals surface area contributed by atoms with Gasteiger partial charge >= 0.3 is 5.97 Å². The second-order valence-electron chi connectivity index (χ2n) is 5.20. The summed E-state index contributed by atoms with van der Waals surface area (Å²) in [6.45, 7) is 7.32. The van der Waals surface area contributed by atoms with Crippen molar-refractivity contribution in [3.05, 3.63) is 21.9 Å². The average molecular weight is 285 g/mol. The van der Waals surface area contributed by atoms with E-state index in [2.05, 4.69) is 5.32 Å². The summed E-state index contributed by atoms with van der Waals surface area (Å²) in [6.07, 6.45) is 0. The number of rotatable bonds is 5. The van der Waals surface area contributed by atoms with E-state index in [4.69, 9.17) is 9.84 Å². The minimum Gasteiger partial charge on any atom is -0.480 e. The van der Waals surface area contributed by atoms with Crippen LogP contribution in [0.25, 0.3) is 0 Å². The molecule has 0 saturated heterocycles. The van der Waals surface area contributed by atoms with E-state index in [0.717, 1.165) is 4.88 Å². The molecule has 2 N–H and O–H groups in total. The Labute approximate surface area is 116 Å². The van der Waals surface area contributed by atoms with Crippen LogP contribution in [0.15, 0.2) is 12.1 Å². The summed E-state index contributed by atoms with van der Waals surface area (Å²) in [5.74, 6) is -1.49. The monoisotopic (exact) mass is 285 g/mol. The minimum absolute atomic E-state index is 0.0606. The van der Waals surface area contributed by atoms with Crippen molar-refractivity contribution < 1.29 is 19.4 Å². The molecule has 1 amide bonds. The molecule has 106 valence electrons. The lowest BCUT2D eigenvalue weighted by molar-refractivity contribution is -0.142. The summed E-state index contributed by atoms with van der Waals surface area (Å²) in [5.41, 5.74) is -0.446. The summed E-state index contributed by atoms with van der Waals surface area (Å²) >= 11 is 1.33. The van der Waals surface area contributed by atoms with Crippen LogP contribution in [-0.4, -0.2) is 35.2 Å². The first-order valence-corrected chi connectivity index (χ1v) is 6.75. The lowest BCUT2D eigenvalue weighted by atomic mass is 10.2. The molecule has 6 heteroatoms. The normalized spacial score (nSPS) is 13.1. The molecule has 1 aromatic rings. The second kappa shape index (κ2) is 6.16. The molecule has 0 aromatic carbocycles. The van der Waals surface area contributed by atoms with Gasteiger partial charge in [0.25, 0.3) is 5.91 Å². The Morgan fingerprint density at radius 1 is 1.42 bits per heavy atom. The van der Waals surface area contributed by atoms with Crippen molar-refractivity contribution in [3.8, 4) is 0 Å². The third-order valence-corrected chi connectivity index (χ3v) is 3.25. The number of aryl methyl sites for hydroxylation is 1. The van der Waals surface area contributed by atoms with Crippen molar-refractivity contribution in [1.29, 1.82) is 0 Å². The lowest BCUT2D eigenvalue weighted by Gasteiger charge is -2.22. The molecular formula is C13H19NO4S. The Morgan fingerprint density at radius 3 is 2.47 bits per heavy atom. The largest absolute Gasteiger partial charge is 0.480 e. The number of thiophene rings is 1. The average Bonchev–Trinajstić information content (AvgIpc) is 2.69. The van der Waals surface area contributed by atoms with Gasteiger partial charge < -0.3 is 15.2 Å².